The first-order chi connectivity index (χ1) is 10.4. The standard InChI is InChI=1S/C15H12ClF2N3O/c1-9-7-14-19-12(10-3-5-11(22-2)6-4-10)8-13(15(16,17)18)21(14)20-9/h3-8H,1-2H3. The highest BCUT2D eigenvalue weighted by Crippen LogP contribution is 2.34. The van der Waals surface area contributed by atoms with Crippen molar-refractivity contribution in [2.75, 3.05) is 7.11 Å². The SMILES string of the molecule is COc1ccc(-c2cc(C(F)(F)Cl)n3nc(C)cc3n2)cc1. The van der Waals surface area contributed by atoms with E-state index < -0.39 is 11.1 Å². The van der Waals surface area contributed by atoms with E-state index in [4.69, 9.17) is 16.3 Å². The fourth-order valence-corrected chi connectivity index (χ4v) is 2.34. The van der Waals surface area contributed by atoms with Gasteiger partial charge in [-0.3, -0.25) is 0 Å². The Morgan fingerprint density at radius 2 is 1.86 bits per heavy atom. The first kappa shape index (κ1) is 14.7. The molecular formula is C15H12ClF2N3O. The van der Waals surface area contributed by atoms with Crippen LogP contribution in [0.1, 0.15) is 11.4 Å². The molecule has 3 rings (SSSR count). The highest BCUT2D eigenvalue weighted by Gasteiger charge is 2.32. The average molecular weight is 324 g/mol. The summed E-state index contributed by atoms with van der Waals surface area (Å²) in [4.78, 5) is 4.36. The van der Waals surface area contributed by atoms with Crippen molar-refractivity contribution in [3.05, 3.63) is 47.8 Å². The van der Waals surface area contributed by atoms with Gasteiger partial charge in [-0.1, -0.05) is 0 Å². The second-order valence-corrected chi connectivity index (χ2v) is 5.28. The molecule has 0 aliphatic carbocycles. The van der Waals surface area contributed by atoms with Crippen LogP contribution in [0.4, 0.5) is 8.78 Å². The van der Waals surface area contributed by atoms with Crippen LogP contribution < -0.4 is 4.74 Å². The monoisotopic (exact) mass is 323 g/mol. The van der Waals surface area contributed by atoms with Gasteiger partial charge in [-0.05, 0) is 48.9 Å². The molecule has 0 saturated carbocycles. The van der Waals surface area contributed by atoms with Crippen molar-refractivity contribution in [3.63, 3.8) is 0 Å². The van der Waals surface area contributed by atoms with Gasteiger partial charge >= 0.3 is 5.38 Å². The summed E-state index contributed by atoms with van der Waals surface area (Å²) < 4.78 is 33.5. The predicted molar refractivity (Wildman–Crippen MR) is 79.5 cm³/mol. The minimum absolute atomic E-state index is 0.321. The number of fused-ring (bicyclic) bond motifs is 1. The number of benzene rings is 1. The van der Waals surface area contributed by atoms with Crippen molar-refractivity contribution in [1.82, 2.24) is 14.6 Å². The Labute approximate surface area is 130 Å². The third-order valence-electron chi connectivity index (χ3n) is 3.23. The first-order valence-corrected chi connectivity index (χ1v) is 6.85. The number of aryl methyl sites for hydroxylation is 1. The van der Waals surface area contributed by atoms with E-state index in [9.17, 15) is 8.78 Å². The van der Waals surface area contributed by atoms with Gasteiger partial charge in [0.2, 0.25) is 0 Å². The topological polar surface area (TPSA) is 39.4 Å². The lowest BCUT2D eigenvalue weighted by atomic mass is 10.1. The van der Waals surface area contributed by atoms with E-state index in [0.717, 1.165) is 4.52 Å². The van der Waals surface area contributed by atoms with Crippen molar-refractivity contribution in [2.45, 2.75) is 12.3 Å². The fraction of sp³-hybridized carbons (Fsp3) is 0.200. The zero-order valence-corrected chi connectivity index (χ0v) is 12.6. The van der Waals surface area contributed by atoms with Crippen molar-refractivity contribution in [3.8, 4) is 17.0 Å². The Kier molecular flexibility index (Phi) is 3.48. The van der Waals surface area contributed by atoms with Gasteiger partial charge in [0.25, 0.3) is 0 Å². The van der Waals surface area contributed by atoms with Crippen LogP contribution in [0, 0.1) is 6.92 Å². The highest BCUT2D eigenvalue weighted by atomic mass is 35.5. The molecule has 0 bridgehead atoms. The molecule has 114 valence electrons. The third-order valence-corrected chi connectivity index (χ3v) is 3.42. The fourth-order valence-electron chi connectivity index (χ4n) is 2.20. The molecule has 0 saturated heterocycles. The summed E-state index contributed by atoms with van der Waals surface area (Å²) in [6, 6.07) is 9.84. The molecule has 7 heteroatoms. The number of hydrogen-bond acceptors (Lipinski definition) is 3. The van der Waals surface area contributed by atoms with E-state index in [0.29, 0.717) is 28.3 Å². The number of aromatic nitrogens is 3. The molecule has 2 aromatic heterocycles. The van der Waals surface area contributed by atoms with Crippen LogP contribution in [0.3, 0.4) is 0 Å². The van der Waals surface area contributed by atoms with Gasteiger partial charge < -0.3 is 4.74 Å². The highest BCUT2D eigenvalue weighted by molar-refractivity contribution is 6.21. The van der Waals surface area contributed by atoms with Gasteiger partial charge in [0, 0.05) is 11.6 Å². The molecule has 0 aliphatic rings. The van der Waals surface area contributed by atoms with Crippen LogP contribution in [-0.2, 0) is 5.38 Å². The summed E-state index contributed by atoms with van der Waals surface area (Å²) in [6.07, 6.45) is 0. The summed E-state index contributed by atoms with van der Waals surface area (Å²) >= 11 is 5.21. The number of methoxy groups -OCH3 is 1. The molecule has 1 aromatic carbocycles. The summed E-state index contributed by atoms with van der Waals surface area (Å²) in [5, 5.41) is 0.471. The van der Waals surface area contributed by atoms with Crippen LogP contribution in [-0.4, -0.2) is 21.7 Å². The van der Waals surface area contributed by atoms with E-state index in [1.165, 1.54) is 6.07 Å². The van der Waals surface area contributed by atoms with Crippen LogP contribution in [0.2, 0.25) is 0 Å². The zero-order valence-electron chi connectivity index (χ0n) is 11.8. The molecule has 3 aromatic rings. The maximum atomic E-state index is 13.7. The third kappa shape index (κ3) is 2.62. The Morgan fingerprint density at radius 1 is 1.18 bits per heavy atom. The summed E-state index contributed by atoms with van der Waals surface area (Å²) in [6.45, 7) is 1.71. The molecule has 0 spiro atoms. The van der Waals surface area contributed by atoms with Crippen molar-refractivity contribution < 1.29 is 13.5 Å². The lowest BCUT2D eigenvalue weighted by molar-refractivity contribution is 0.0872. The second-order valence-electron chi connectivity index (χ2n) is 4.81. The smallest absolute Gasteiger partial charge is 0.364 e. The lowest BCUT2D eigenvalue weighted by Crippen LogP contribution is -2.12. The first-order valence-electron chi connectivity index (χ1n) is 6.47. The minimum Gasteiger partial charge on any atom is -0.497 e. The molecule has 0 fully saturated rings. The average Bonchev–Trinajstić information content (AvgIpc) is 2.85. The number of rotatable bonds is 3. The molecule has 2 heterocycles. The van der Waals surface area contributed by atoms with E-state index in [-0.39, 0.29) is 0 Å². The summed E-state index contributed by atoms with van der Waals surface area (Å²) in [5.74, 6) is 0.674. The quantitative estimate of drug-likeness (QED) is 0.684. The Bertz CT molecular complexity index is 825. The van der Waals surface area contributed by atoms with Gasteiger partial charge in [-0.15, -0.1) is 0 Å². The van der Waals surface area contributed by atoms with E-state index in [2.05, 4.69) is 10.1 Å². The van der Waals surface area contributed by atoms with E-state index in [1.807, 2.05) is 0 Å². The molecule has 22 heavy (non-hydrogen) atoms. The predicted octanol–water partition coefficient (Wildman–Crippen LogP) is 4.00. The minimum atomic E-state index is -3.54. The van der Waals surface area contributed by atoms with Gasteiger partial charge in [-0.25, -0.2) is 9.50 Å². The van der Waals surface area contributed by atoms with Crippen molar-refractivity contribution >= 4 is 17.2 Å². The largest absolute Gasteiger partial charge is 0.497 e. The number of nitrogens with zero attached hydrogens (tertiary/aromatic N) is 3. The van der Waals surface area contributed by atoms with E-state index >= 15 is 0 Å². The molecule has 0 unspecified atom stereocenters. The van der Waals surface area contributed by atoms with Crippen molar-refractivity contribution in [1.29, 1.82) is 0 Å². The normalized spacial score (nSPS) is 11.9. The van der Waals surface area contributed by atoms with Crippen LogP contribution >= 0.6 is 11.6 Å². The van der Waals surface area contributed by atoms with Crippen LogP contribution in [0.15, 0.2) is 36.4 Å². The van der Waals surface area contributed by atoms with Crippen LogP contribution in [0.25, 0.3) is 16.9 Å². The van der Waals surface area contributed by atoms with Gasteiger partial charge in [-0.2, -0.15) is 13.9 Å². The Balaban J connectivity index is 2.21. The number of ether oxygens (including phenoxy) is 1. The lowest BCUT2D eigenvalue weighted by Gasteiger charge is -2.12. The molecule has 0 amide bonds. The molecule has 0 atom stereocenters. The number of halogens is 3. The Morgan fingerprint density at radius 3 is 2.45 bits per heavy atom. The number of alkyl halides is 3. The summed E-state index contributed by atoms with van der Waals surface area (Å²) in [7, 11) is 1.56. The van der Waals surface area contributed by atoms with Crippen molar-refractivity contribution in [2.24, 2.45) is 0 Å². The molecule has 4 nitrogen and oxygen atoms in total. The van der Waals surface area contributed by atoms with Gasteiger partial charge in [0.15, 0.2) is 5.65 Å². The van der Waals surface area contributed by atoms with Gasteiger partial charge in [0.1, 0.15) is 11.4 Å². The molecule has 0 radical (unpaired) electrons. The van der Waals surface area contributed by atoms with Crippen LogP contribution in [0.5, 0.6) is 5.75 Å². The number of hydrogen-bond donors (Lipinski definition) is 0. The zero-order chi connectivity index (χ0) is 15.9. The molecular weight excluding hydrogens is 312 g/mol. The summed E-state index contributed by atoms with van der Waals surface area (Å²) in [5.41, 5.74) is 1.57. The van der Waals surface area contributed by atoms with Gasteiger partial charge in [0.05, 0.1) is 18.5 Å². The Hall–Kier alpha value is -2.21. The maximum Gasteiger partial charge on any atom is 0.364 e. The maximum absolute atomic E-state index is 13.7. The molecule has 0 N–H and O–H groups in total. The second kappa shape index (κ2) is 5.21. The molecule has 0 aliphatic heterocycles. The van der Waals surface area contributed by atoms with E-state index in [1.54, 1.807) is 44.4 Å².